The maximum atomic E-state index is 11.7. The number of carbonyl (C=O) groups excluding carboxylic acids is 1. The number of halogens is 1. The summed E-state index contributed by atoms with van der Waals surface area (Å²) in [6.45, 7) is 1.92. The van der Waals surface area contributed by atoms with Crippen LogP contribution in [-0.4, -0.2) is 26.9 Å². The van der Waals surface area contributed by atoms with E-state index in [2.05, 4.69) is 4.98 Å². The number of benzene rings is 1. The van der Waals surface area contributed by atoms with E-state index in [9.17, 15) is 14.7 Å². The Kier molecular flexibility index (Phi) is 5.93. The number of aryl methyl sites for hydroxylation is 2. The zero-order valence-corrected chi connectivity index (χ0v) is 14.0. The van der Waals surface area contributed by atoms with Gasteiger partial charge in [0.15, 0.2) is 0 Å². The zero-order valence-electron chi connectivity index (χ0n) is 13.3. The Morgan fingerprint density at radius 3 is 2.54 bits per heavy atom. The Bertz CT molecular complexity index is 774. The number of Topliss-reactive ketones (excluding diaryl/α,β-unsaturated/α-hetero) is 1. The summed E-state index contributed by atoms with van der Waals surface area (Å²) in [5, 5.41) is 19.2. The van der Waals surface area contributed by atoms with Crippen LogP contribution in [0.3, 0.4) is 0 Å². The first-order valence-corrected chi connectivity index (χ1v) is 7.93. The fourth-order valence-corrected chi connectivity index (χ4v) is 2.60. The van der Waals surface area contributed by atoms with Crippen LogP contribution in [0.4, 0.5) is 0 Å². The minimum Gasteiger partial charge on any atom is -0.506 e. The van der Waals surface area contributed by atoms with E-state index in [-0.39, 0.29) is 37.2 Å². The van der Waals surface area contributed by atoms with Gasteiger partial charge in [0, 0.05) is 29.8 Å². The summed E-state index contributed by atoms with van der Waals surface area (Å²) in [6.07, 6.45) is 0.232. The van der Waals surface area contributed by atoms with Crippen LogP contribution in [0.1, 0.15) is 30.5 Å². The van der Waals surface area contributed by atoms with Gasteiger partial charge in [0.25, 0.3) is 0 Å². The normalized spacial score (nSPS) is 10.6. The molecule has 1 aromatic carbocycles. The largest absolute Gasteiger partial charge is 0.506 e. The van der Waals surface area contributed by atoms with Crippen LogP contribution in [0.2, 0.25) is 5.02 Å². The molecule has 24 heavy (non-hydrogen) atoms. The predicted molar refractivity (Wildman–Crippen MR) is 91.3 cm³/mol. The number of rotatable bonds is 7. The maximum Gasteiger partial charge on any atom is 0.303 e. The number of nitrogens with zero attached hydrogens (tertiary/aromatic N) is 1. The van der Waals surface area contributed by atoms with Gasteiger partial charge in [-0.2, -0.15) is 0 Å². The van der Waals surface area contributed by atoms with E-state index in [0.717, 1.165) is 11.1 Å². The summed E-state index contributed by atoms with van der Waals surface area (Å²) >= 11 is 5.96. The molecule has 2 aromatic rings. The van der Waals surface area contributed by atoms with Gasteiger partial charge in [0.1, 0.15) is 11.5 Å². The van der Waals surface area contributed by atoms with Crippen LogP contribution >= 0.6 is 11.6 Å². The van der Waals surface area contributed by atoms with Crippen molar-refractivity contribution in [3.8, 4) is 17.0 Å². The van der Waals surface area contributed by atoms with E-state index in [1.165, 1.54) is 0 Å². The molecular weight excluding hydrogens is 330 g/mol. The van der Waals surface area contributed by atoms with Gasteiger partial charge >= 0.3 is 5.97 Å². The van der Waals surface area contributed by atoms with Gasteiger partial charge in [-0.1, -0.05) is 17.7 Å². The second-order valence-electron chi connectivity index (χ2n) is 5.55. The lowest BCUT2D eigenvalue weighted by Crippen LogP contribution is -2.05. The fourth-order valence-electron chi connectivity index (χ4n) is 2.37. The van der Waals surface area contributed by atoms with E-state index in [0.29, 0.717) is 16.4 Å². The number of ketones is 1. The highest BCUT2D eigenvalue weighted by Gasteiger charge is 2.12. The standard InChI is InChI=1S/C18H18ClNO4/c1-11-10-12(19)2-5-14(11)15-7-8-17(22)16(20-15)6-3-13(21)4-9-18(23)24/h2,5,7-8,10,22H,3-4,6,9H2,1H3,(H,23,24). The average molecular weight is 348 g/mol. The highest BCUT2D eigenvalue weighted by Crippen LogP contribution is 2.27. The molecule has 0 saturated carbocycles. The number of aliphatic carboxylic acids is 1. The van der Waals surface area contributed by atoms with Crippen LogP contribution in [0.15, 0.2) is 30.3 Å². The van der Waals surface area contributed by atoms with Crippen molar-refractivity contribution in [3.63, 3.8) is 0 Å². The SMILES string of the molecule is Cc1cc(Cl)ccc1-c1ccc(O)c(CCC(=O)CCC(=O)O)n1. The molecule has 0 fully saturated rings. The lowest BCUT2D eigenvalue weighted by Gasteiger charge is -2.09. The molecule has 0 spiro atoms. The molecule has 0 amide bonds. The van der Waals surface area contributed by atoms with E-state index in [4.69, 9.17) is 16.7 Å². The van der Waals surface area contributed by atoms with Crippen molar-refractivity contribution in [3.05, 3.63) is 46.6 Å². The second-order valence-corrected chi connectivity index (χ2v) is 5.99. The number of hydrogen-bond acceptors (Lipinski definition) is 4. The summed E-state index contributed by atoms with van der Waals surface area (Å²) in [5.74, 6) is -1.13. The first kappa shape index (κ1) is 17.9. The van der Waals surface area contributed by atoms with Gasteiger partial charge < -0.3 is 10.2 Å². The number of pyridine rings is 1. The Balaban J connectivity index is 2.14. The molecule has 0 bridgehead atoms. The Labute approximate surface area is 144 Å². The minimum absolute atomic E-state index is 0.00786. The van der Waals surface area contributed by atoms with Gasteiger partial charge in [-0.15, -0.1) is 0 Å². The molecule has 0 aliphatic carbocycles. The molecule has 1 aromatic heterocycles. The molecule has 1 heterocycles. The topological polar surface area (TPSA) is 87.5 Å². The summed E-state index contributed by atoms with van der Waals surface area (Å²) in [6, 6.07) is 8.72. The first-order chi connectivity index (χ1) is 11.4. The van der Waals surface area contributed by atoms with Gasteiger partial charge in [-0.25, -0.2) is 4.98 Å². The van der Waals surface area contributed by atoms with Crippen LogP contribution in [0, 0.1) is 6.92 Å². The fraction of sp³-hybridized carbons (Fsp3) is 0.278. The number of carbonyl (C=O) groups is 2. The van der Waals surface area contributed by atoms with Gasteiger partial charge in [-0.05, 0) is 36.8 Å². The minimum atomic E-state index is -0.996. The summed E-state index contributed by atoms with van der Waals surface area (Å²) in [4.78, 5) is 26.6. The lowest BCUT2D eigenvalue weighted by molar-refractivity contribution is -0.138. The van der Waals surface area contributed by atoms with Crippen molar-refractivity contribution < 1.29 is 19.8 Å². The van der Waals surface area contributed by atoms with Crippen LogP contribution in [0.5, 0.6) is 5.75 Å². The quantitative estimate of drug-likeness (QED) is 0.795. The van der Waals surface area contributed by atoms with Gasteiger partial charge in [-0.3, -0.25) is 9.59 Å². The van der Waals surface area contributed by atoms with Crippen molar-refractivity contribution in [1.82, 2.24) is 4.98 Å². The highest BCUT2D eigenvalue weighted by molar-refractivity contribution is 6.30. The molecule has 2 rings (SSSR count). The lowest BCUT2D eigenvalue weighted by atomic mass is 10.0. The number of hydrogen-bond donors (Lipinski definition) is 2. The highest BCUT2D eigenvalue weighted by atomic mass is 35.5. The molecule has 0 atom stereocenters. The van der Waals surface area contributed by atoms with Crippen molar-refractivity contribution in [2.45, 2.75) is 32.6 Å². The summed E-state index contributed by atoms with van der Waals surface area (Å²) in [7, 11) is 0. The average Bonchev–Trinajstić information content (AvgIpc) is 2.52. The predicted octanol–water partition coefficient (Wildman–Crippen LogP) is 3.78. The van der Waals surface area contributed by atoms with Crippen LogP contribution in [0.25, 0.3) is 11.3 Å². The molecular formula is C18H18ClNO4. The number of aromatic nitrogens is 1. The van der Waals surface area contributed by atoms with Crippen molar-refractivity contribution in [1.29, 1.82) is 0 Å². The second kappa shape index (κ2) is 7.93. The molecule has 0 unspecified atom stereocenters. The molecule has 0 aliphatic heterocycles. The molecule has 0 saturated heterocycles. The van der Waals surface area contributed by atoms with Crippen molar-refractivity contribution in [2.24, 2.45) is 0 Å². The molecule has 6 heteroatoms. The summed E-state index contributed by atoms with van der Waals surface area (Å²) < 4.78 is 0. The Morgan fingerprint density at radius 2 is 1.88 bits per heavy atom. The number of aromatic hydroxyl groups is 1. The third kappa shape index (κ3) is 4.80. The van der Waals surface area contributed by atoms with E-state index in [1.807, 2.05) is 19.1 Å². The van der Waals surface area contributed by atoms with E-state index in [1.54, 1.807) is 18.2 Å². The molecule has 2 N–H and O–H groups in total. The van der Waals surface area contributed by atoms with Crippen LogP contribution < -0.4 is 0 Å². The Hall–Kier alpha value is -2.40. The zero-order chi connectivity index (χ0) is 17.7. The van der Waals surface area contributed by atoms with Crippen LogP contribution in [-0.2, 0) is 16.0 Å². The van der Waals surface area contributed by atoms with Crippen molar-refractivity contribution in [2.75, 3.05) is 0 Å². The van der Waals surface area contributed by atoms with E-state index < -0.39 is 5.97 Å². The number of carboxylic acid groups (broad SMARTS) is 1. The molecule has 0 aliphatic rings. The van der Waals surface area contributed by atoms with Gasteiger partial charge in [0.05, 0.1) is 17.8 Å². The first-order valence-electron chi connectivity index (χ1n) is 7.55. The number of carboxylic acids is 1. The van der Waals surface area contributed by atoms with Gasteiger partial charge in [0.2, 0.25) is 0 Å². The van der Waals surface area contributed by atoms with Crippen molar-refractivity contribution >= 4 is 23.4 Å². The monoisotopic (exact) mass is 347 g/mol. The van der Waals surface area contributed by atoms with E-state index >= 15 is 0 Å². The smallest absolute Gasteiger partial charge is 0.303 e. The third-order valence-corrected chi connectivity index (χ3v) is 3.91. The molecule has 126 valence electrons. The maximum absolute atomic E-state index is 11.7. The summed E-state index contributed by atoms with van der Waals surface area (Å²) in [5.41, 5.74) is 2.97. The third-order valence-electron chi connectivity index (χ3n) is 3.67. The Morgan fingerprint density at radius 1 is 1.12 bits per heavy atom. The molecule has 0 radical (unpaired) electrons. The molecule has 5 nitrogen and oxygen atoms in total.